The predicted octanol–water partition coefficient (Wildman–Crippen LogP) is 3.45. The van der Waals surface area contributed by atoms with E-state index in [2.05, 4.69) is 34.6 Å². The normalized spacial score (nSPS) is 14.3. The summed E-state index contributed by atoms with van der Waals surface area (Å²) in [5, 5.41) is 3.57. The van der Waals surface area contributed by atoms with E-state index >= 15 is 0 Å². The van der Waals surface area contributed by atoms with Crippen molar-refractivity contribution in [1.82, 2.24) is 4.98 Å². The van der Waals surface area contributed by atoms with Gasteiger partial charge >= 0.3 is 0 Å². The topological polar surface area (TPSA) is 34.1 Å². The van der Waals surface area contributed by atoms with E-state index in [9.17, 15) is 0 Å². The molecule has 0 fully saturated rings. The monoisotopic (exact) mass is 268 g/mol. The molecule has 1 N–H and O–H groups in total. The van der Waals surface area contributed by atoms with Gasteiger partial charge in [0, 0.05) is 12.2 Å². The number of pyridine rings is 1. The maximum atomic E-state index is 5.76. The second-order valence-corrected chi connectivity index (χ2v) is 5.54. The molecule has 1 aromatic carbocycles. The average molecular weight is 268 g/mol. The minimum atomic E-state index is 0.131. The molecule has 0 spiro atoms. The van der Waals surface area contributed by atoms with Crippen LogP contribution in [-0.4, -0.2) is 17.1 Å². The van der Waals surface area contributed by atoms with Crippen LogP contribution in [0.25, 0.3) is 0 Å². The van der Waals surface area contributed by atoms with E-state index < -0.39 is 0 Å². The Bertz CT molecular complexity index is 570. The van der Waals surface area contributed by atoms with Crippen molar-refractivity contribution < 1.29 is 4.74 Å². The Hall–Kier alpha value is -2.03. The third-order valence-electron chi connectivity index (χ3n) is 3.53. The maximum absolute atomic E-state index is 5.76. The van der Waals surface area contributed by atoms with E-state index in [1.54, 1.807) is 6.20 Å². The molecular weight excluding hydrogens is 248 g/mol. The predicted molar refractivity (Wildman–Crippen MR) is 81.3 cm³/mol. The Balaban J connectivity index is 1.74. The average Bonchev–Trinajstić information content (AvgIpc) is 2.82. The number of hydrogen-bond donors (Lipinski definition) is 1. The smallest absolute Gasteiger partial charge is 0.237 e. The number of hydrogen-bond acceptors (Lipinski definition) is 3. The summed E-state index contributed by atoms with van der Waals surface area (Å²) in [4.78, 5) is 4.33. The van der Waals surface area contributed by atoms with Crippen LogP contribution in [-0.2, 0) is 12.8 Å². The van der Waals surface area contributed by atoms with Gasteiger partial charge in [0.1, 0.15) is 0 Å². The van der Waals surface area contributed by atoms with Gasteiger partial charge in [0.2, 0.25) is 5.88 Å². The van der Waals surface area contributed by atoms with Crippen LogP contribution in [0.5, 0.6) is 5.88 Å². The number of fused-ring (bicyclic) bond motifs is 1. The molecule has 1 aromatic heterocycles. The molecule has 0 amide bonds. The molecule has 0 bridgehead atoms. The van der Waals surface area contributed by atoms with E-state index in [-0.39, 0.29) is 6.10 Å². The van der Waals surface area contributed by atoms with Crippen molar-refractivity contribution in [3.63, 3.8) is 0 Å². The highest BCUT2D eigenvalue weighted by atomic mass is 16.5. The molecule has 3 nitrogen and oxygen atoms in total. The highest BCUT2D eigenvalue weighted by Gasteiger charge is 2.21. The quantitative estimate of drug-likeness (QED) is 0.922. The van der Waals surface area contributed by atoms with Gasteiger partial charge in [-0.25, -0.2) is 4.98 Å². The summed E-state index contributed by atoms with van der Waals surface area (Å²) in [6.45, 7) is 4.04. The van der Waals surface area contributed by atoms with Crippen LogP contribution in [0, 0.1) is 0 Å². The van der Waals surface area contributed by atoms with Gasteiger partial charge in [-0.15, -0.1) is 0 Å². The lowest BCUT2D eigenvalue weighted by atomic mass is 10.1. The largest absolute Gasteiger partial charge is 0.473 e. The van der Waals surface area contributed by atoms with Crippen molar-refractivity contribution in [3.8, 4) is 5.88 Å². The number of anilines is 1. The lowest BCUT2D eigenvalue weighted by Crippen LogP contribution is -2.20. The molecule has 104 valence electrons. The molecule has 0 unspecified atom stereocenters. The summed E-state index contributed by atoms with van der Waals surface area (Å²) in [6, 6.07) is 13.0. The molecule has 0 radical (unpaired) electrons. The Labute approximate surface area is 120 Å². The third kappa shape index (κ3) is 2.77. The van der Waals surface area contributed by atoms with Gasteiger partial charge in [-0.3, -0.25) is 0 Å². The molecule has 1 heterocycles. The lowest BCUT2D eigenvalue weighted by Gasteiger charge is -2.17. The number of benzene rings is 1. The maximum Gasteiger partial charge on any atom is 0.237 e. The van der Waals surface area contributed by atoms with E-state index in [0.29, 0.717) is 11.9 Å². The molecule has 3 heteroatoms. The number of ether oxygens (including phenoxy) is 1. The molecule has 0 saturated carbocycles. The first kappa shape index (κ1) is 13.0. The highest BCUT2D eigenvalue weighted by molar-refractivity contribution is 5.54. The Morgan fingerprint density at radius 3 is 2.45 bits per heavy atom. The second-order valence-electron chi connectivity index (χ2n) is 5.54. The Morgan fingerprint density at radius 1 is 1.10 bits per heavy atom. The van der Waals surface area contributed by atoms with Crippen LogP contribution in [0.3, 0.4) is 0 Å². The van der Waals surface area contributed by atoms with Crippen molar-refractivity contribution in [2.24, 2.45) is 0 Å². The van der Waals surface area contributed by atoms with Crippen LogP contribution in [0.4, 0.5) is 5.69 Å². The molecule has 1 aliphatic rings. The van der Waals surface area contributed by atoms with Crippen molar-refractivity contribution in [2.45, 2.75) is 38.8 Å². The first-order valence-corrected chi connectivity index (χ1v) is 7.17. The molecule has 1 aliphatic carbocycles. The summed E-state index contributed by atoms with van der Waals surface area (Å²) in [5.74, 6) is 0.693. The van der Waals surface area contributed by atoms with Crippen molar-refractivity contribution in [2.75, 3.05) is 5.32 Å². The molecule has 3 rings (SSSR count). The number of nitrogens with one attached hydrogen (secondary N) is 1. The van der Waals surface area contributed by atoms with Gasteiger partial charge in [-0.2, -0.15) is 0 Å². The first-order valence-electron chi connectivity index (χ1n) is 7.17. The fourth-order valence-corrected chi connectivity index (χ4v) is 2.70. The van der Waals surface area contributed by atoms with Crippen LogP contribution in [0.15, 0.2) is 42.6 Å². The molecule has 0 atom stereocenters. The van der Waals surface area contributed by atoms with E-state index in [1.165, 1.54) is 11.1 Å². The first-order chi connectivity index (χ1) is 9.72. The molecule has 0 saturated heterocycles. The van der Waals surface area contributed by atoms with Crippen LogP contribution < -0.4 is 10.1 Å². The lowest BCUT2D eigenvalue weighted by molar-refractivity contribution is 0.234. The Morgan fingerprint density at radius 2 is 1.80 bits per heavy atom. The van der Waals surface area contributed by atoms with Gasteiger partial charge in [0.25, 0.3) is 0 Å². The molecular formula is C17H20N2O. The van der Waals surface area contributed by atoms with Crippen LogP contribution >= 0.6 is 0 Å². The Kier molecular flexibility index (Phi) is 3.59. The number of rotatable bonds is 4. The minimum Gasteiger partial charge on any atom is -0.473 e. The van der Waals surface area contributed by atoms with Crippen LogP contribution in [0.2, 0.25) is 0 Å². The molecule has 20 heavy (non-hydrogen) atoms. The van der Waals surface area contributed by atoms with E-state index in [1.807, 2.05) is 26.0 Å². The zero-order valence-corrected chi connectivity index (χ0v) is 12.0. The summed E-state index contributed by atoms with van der Waals surface area (Å²) in [6.07, 6.45) is 4.02. The highest BCUT2D eigenvalue weighted by Crippen LogP contribution is 2.28. The van der Waals surface area contributed by atoms with Crippen LogP contribution in [0.1, 0.15) is 25.0 Å². The fourth-order valence-electron chi connectivity index (χ4n) is 2.70. The van der Waals surface area contributed by atoms with E-state index in [0.717, 1.165) is 18.5 Å². The van der Waals surface area contributed by atoms with Gasteiger partial charge < -0.3 is 10.1 Å². The zero-order valence-electron chi connectivity index (χ0n) is 12.0. The van der Waals surface area contributed by atoms with Crippen molar-refractivity contribution in [3.05, 3.63) is 53.7 Å². The van der Waals surface area contributed by atoms with Crippen molar-refractivity contribution in [1.29, 1.82) is 0 Å². The zero-order chi connectivity index (χ0) is 13.9. The summed E-state index contributed by atoms with van der Waals surface area (Å²) in [5.41, 5.74) is 3.87. The third-order valence-corrected chi connectivity index (χ3v) is 3.53. The van der Waals surface area contributed by atoms with Gasteiger partial charge in [-0.1, -0.05) is 24.3 Å². The fraction of sp³-hybridized carbons (Fsp3) is 0.353. The van der Waals surface area contributed by atoms with Crippen molar-refractivity contribution >= 4 is 5.69 Å². The van der Waals surface area contributed by atoms with E-state index in [4.69, 9.17) is 4.74 Å². The second kappa shape index (κ2) is 5.53. The SMILES string of the molecule is CC(C)Oc1ncccc1NC1Cc2ccccc2C1. The number of nitrogens with zero attached hydrogens (tertiary/aromatic N) is 1. The van der Waals surface area contributed by atoms with Gasteiger partial charge in [0.05, 0.1) is 11.8 Å². The van der Waals surface area contributed by atoms with Gasteiger partial charge in [0.15, 0.2) is 0 Å². The number of aromatic nitrogens is 1. The summed E-state index contributed by atoms with van der Waals surface area (Å²) >= 11 is 0. The summed E-state index contributed by atoms with van der Waals surface area (Å²) < 4.78 is 5.76. The standard InChI is InChI=1S/C17H20N2O/c1-12(2)20-17-16(8-5-9-18-17)19-15-10-13-6-3-4-7-14(13)11-15/h3-9,12,15,19H,10-11H2,1-2H3. The molecule has 0 aliphatic heterocycles. The molecule has 2 aromatic rings. The summed E-state index contributed by atoms with van der Waals surface area (Å²) in [7, 11) is 0. The van der Waals surface area contributed by atoms with Gasteiger partial charge in [-0.05, 0) is 49.9 Å². The minimum absolute atomic E-state index is 0.131.